The first-order chi connectivity index (χ1) is 9.36. The van der Waals surface area contributed by atoms with Gasteiger partial charge in [-0.25, -0.2) is 4.98 Å². The van der Waals surface area contributed by atoms with Gasteiger partial charge >= 0.3 is 0 Å². The summed E-state index contributed by atoms with van der Waals surface area (Å²) in [5, 5.41) is 0. The van der Waals surface area contributed by atoms with Gasteiger partial charge < -0.3 is 4.90 Å². The van der Waals surface area contributed by atoms with Crippen molar-refractivity contribution in [2.45, 2.75) is 37.6 Å². The molecule has 1 aliphatic heterocycles. The Morgan fingerprint density at radius 2 is 1.84 bits per heavy atom. The van der Waals surface area contributed by atoms with Gasteiger partial charge in [0.1, 0.15) is 5.82 Å². The monoisotopic (exact) mass is 279 g/mol. The van der Waals surface area contributed by atoms with Gasteiger partial charge in [0, 0.05) is 32.2 Å². The Morgan fingerprint density at radius 3 is 2.53 bits per heavy atom. The van der Waals surface area contributed by atoms with Crippen LogP contribution < -0.4 is 4.90 Å². The lowest BCUT2D eigenvalue weighted by atomic mass is 10.2. The average Bonchev–Trinajstić information content (AvgIpc) is 3.02. The highest BCUT2D eigenvalue weighted by Gasteiger charge is 2.26. The fraction of sp³-hybridized carbons (Fsp3) is 0.667. The van der Waals surface area contributed by atoms with Gasteiger partial charge in [-0.1, -0.05) is 18.9 Å². The highest BCUT2D eigenvalue weighted by atomic mass is 35.5. The van der Waals surface area contributed by atoms with Crippen molar-refractivity contribution in [1.82, 2.24) is 9.88 Å². The lowest BCUT2D eigenvalue weighted by Crippen LogP contribution is -2.50. The summed E-state index contributed by atoms with van der Waals surface area (Å²) < 4.78 is 0. The van der Waals surface area contributed by atoms with Crippen molar-refractivity contribution < 1.29 is 0 Å². The predicted molar refractivity (Wildman–Crippen MR) is 79.8 cm³/mol. The molecule has 1 aromatic rings. The standard InChI is InChI=1S/C15H22ClN3/c16-12-13-4-3-7-15(17-13)19-10-8-18(9-11-19)14-5-1-2-6-14/h3-4,7,14H,1-2,5-6,8-12H2. The molecule has 0 atom stereocenters. The Labute approximate surface area is 120 Å². The Kier molecular flexibility index (Phi) is 4.24. The van der Waals surface area contributed by atoms with Crippen LogP contribution in [0, 0.1) is 0 Å². The molecule has 4 heteroatoms. The third-order valence-corrected chi connectivity index (χ3v) is 4.68. The topological polar surface area (TPSA) is 19.4 Å². The zero-order valence-electron chi connectivity index (χ0n) is 11.4. The van der Waals surface area contributed by atoms with E-state index in [1.165, 1.54) is 38.8 Å². The highest BCUT2D eigenvalue weighted by Crippen LogP contribution is 2.25. The number of halogens is 1. The van der Waals surface area contributed by atoms with E-state index in [1.807, 2.05) is 6.07 Å². The number of hydrogen-bond donors (Lipinski definition) is 0. The SMILES string of the molecule is ClCc1cccc(N2CCN(C3CCCC3)CC2)n1. The van der Waals surface area contributed by atoms with Gasteiger partial charge in [0.25, 0.3) is 0 Å². The summed E-state index contributed by atoms with van der Waals surface area (Å²) in [7, 11) is 0. The fourth-order valence-electron chi connectivity index (χ4n) is 3.30. The van der Waals surface area contributed by atoms with E-state index in [0.29, 0.717) is 5.88 Å². The third-order valence-electron chi connectivity index (χ3n) is 4.41. The van der Waals surface area contributed by atoms with E-state index in [-0.39, 0.29) is 0 Å². The van der Waals surface area contributed by atoms with Crippen molar-refractivity contribution in [3.63, 3.8) is 0 Å². The molecule has 1 aliphatic carbocycles. The Bertz CT molecular complexity index is 410. The molecule has 3 rings (SSSR count). The minimum Gasteiger partial charge on any atom is -0.354 e. The molecule has 0 amide bonds. The zero-order chi connectivity index (χ0) is 13.1. The van der Waals surface area contributed by atoms with Crippen molar-refractivity contribution in [2.75, 3.05) is 31.1 Å². The molecular formula is C15H22ClN3. The number of piperazine rings is 1. The number of hydrogen-bond acceptors (Lipinski definition) is 3. The number of pyridine rings is 1. The molecule has 3 nitrogen and oxygen atoms in total. The lowest BCUT2D eigenvalue weighted by Gasteiger charge is -2.38. The maximum atomic E-state index is 5.86. The molecular weight excluding hydrogens is 258 g/mol. The minimum atomic E-state index is 0.496. The summed E-state index contributed by atoms with van der Waals surface area (Å²) in [6, 6.07) is 7.00. The molecule has 0 unspecified atom stereocenters. The van der Waals surface area contributed by atoms with Crippen molar-refractivity contribution in [3.8, 4) is 0 Å². The molecule has 2 aliphatic rings. The highest BCUT2D eigenvalue weighted by molar-refractivity contribution is 6.16. The van der Waals surface area contributed by atoms with E-state index < -0.39 is 0 Å². The van der Waals surface area contributed by atoms with Crippen LogP contribution in [-0.2, 0) is 5.88 Å². The van der Waals surface area contributed by atoms with Crippen LogP contribution in [0.5, 0.6) is 0 Å². The van der Waals surface area contributed by atoms with E-state index in [0.717, 1.165) is 30.6 Å². The summed E-state index contributed by atoms with van der Waals surface area (Å²) >= 11 is 5.86. The Morgan fingerprint density at radius 1 is 1.11 bits per heavy atom. The predicted octanol–water partition coefficient (Wildman–Crippen LogP) is 2.89. The van der Waals surface area contributed by atoms with Crippen LogP contribution in [0.25, 0.3) is 0 Å². The first kappa shape index (κ1) is 13.2. The van der Waals surface area contributed by atoms with Gasteiger partial charge in [0.05, 0.1) is 11.6 Å². The van der Waals surface area contributed by atoms with Gasteiger partial charge in [0.2, 0.25) is 0 Å². The molecule has 0 bridgehead atoms. The van der Waals surface area contributed by atoms with Gasteiger partial charge in [-0.05, 0) is 25.0 Å². The second-order valence-electron chi connectivity index (χ2n) is 5.58. The van der Waals surface area contributed by atoms with Crippen LogP contribution in [0.1, 0.15) is 31.4 Å². The van der Waals surface area contributed by atoms with Gasteiger partial charge in [-0.2, -0.15) is 0 Å². The largest absolute Gasteiger partial charge is 0.354 e. The number of nitrogens with zero attached hydrogens (tertiary/aromatic N) is 3. The molecule has 1 saturated carbocycles. The van der Waals surface area contributed by atoms with Crippen LogP contribution in [-0.4, -0.2) is 42.1 Å². The molecule has 2 heterocycles. The number of rotatable bonds is 3. The van der Waals surface area contributed by atoms with Crippen LogP contribution in [0.2, 0.25) is 0 Å². The summed E-state index contributed by atoms with van der Waals surface area (Å²) in [6.07, 6.45) is 5.65. The van der Waals surface area contributed by atoms with Gasteiger partial charge in [-0.15, -0.1) is 11.6 Å². The Hall–Kier alpha value is -0.800. The zero-order valence-corrected chi connectivity index (χ0v) is 12.1. The van der Waals surface area contributed by atoms with E-state index in [9.17, 15) is 0 Å². The molecule has 0 N–H and O–H groups in total. The van der Waals surface area contributed by atoms with Gasteiger partial charge in [0.15, 0.2) is 0 Å². The van der Waals surface area contributed by atoms with Crippen molar-refractivity contribution in [3.05, 3.63) is 23.9 Å². The molecule has 19 heavy (non-hydrogen) atoms. The van der Waals surface area contributed by atoms with Crippen molar-refractivity contribution in [2.24, 2.45) is 0 Å². The number of aromatic nitrogens is 1. The maximum Gasteiger partial charge on any atom is 0.128 e. The number of anilines is 1. The van der Waals surface area contributed by atoms with E-state index >= 15 is 0 Å². The van der Waals surface area contributed by atoms with Crippen LogP contribution >= 0.6 is 11.6 Å². The normalized spacial score (nSPS) is 22.1. The van der Waals surface area contributed by atoms with E-state index in [4.69, 9.17) is 11.6 Å². The summed E-state index contributed by atoms with van der Waals surface area (Å²) in [4.78, 5) is 9.68. The Balaban J connectivity index is 1.59. The van der Waals surface area contributed by atoms with Crippen molar-refractivity contribution in [1.29, 1.82) is 0 Å². The first-order valence-corrected chi connectivity index (χ1v) is 7.91. The smallest absolute Gasteiger partial charge is 0.128 e. The number of alkyl halides is 1. The molecule has 104 valence electrons. The molecule has 2 fully saturated rings. The average molecular weight is 280 g/mol. The van der Waals surface area contributed by atoms with Crippen LogP contribution in [0.3, 0.4) is 0 Å². The van der Waals surface area contributed by atoms with Crippen molar-refractivity contribution >= 4 is 17.4 Å². The molecule has 0 radical (unpaired) electrons. The van der Waals surface area contributed by atoms with Crippen LogP contribution in [0.4, 0.5) is 5.82 Å². The minimum absolute atomic E-state index is 0.496. The summed E-state index contributed by atoms with van der Waals surface area (Å²) in [6.45, 7) is 4.54. The molecule has 0 aromatic carbocycles. The second-order valence-corrected chi connectivity index (χ2v) is 5.85. The first-order valence-electron chi connectivity index (χ1n) is 7.38. The third kappa shape index (κ3) is 3.03. The van der Waals surface area contributed by atoms with Crippen LogP contribution in [0.15, 0.2) is 18.2 Å². The lowest BCUT2D eigenvalue weighted by molar-refractivity contribution is 0.187. The molecule has 1 aromatic heterocycles. The summed E-state index contributed by atoms with van der Waals surface area (Å²) in [5.74, 6) is 1.58. The fourth-order valence-corrected chi connectivity index (χ4v) is 3.45. The van der Waals surface area contributed by atoms with E-state index in [2.05, 4.69) is 26.9 Å². The maximum absolute atomic E-state index is 5.86. The van der Waals surface area contributed by atoms with E-state index in [1.54, 1.807) is 0 Å². The summed E-state index contributed by atoms with van der Waals surface area (Å²) in [5.41, 5.74) is 0.970. The van der Waals surface area contributed by atoms with Gasteiger partial charge in [-0.3, -0.25) is 4.90 Å². The molecule has 0 spiro atoms. The second kappa shape index (κ2) is 6.10. The molecule has 1 saturated heterocycles. The quantitative estimate of drug-likeness (QED) is 0.793.